The van der Waals surface area contributed by atoms with Crippen molar-refractivity contribution in [2.75, 3.05) is 10.6 Å². The van der Waals surface area contributed by atoms with Gasteiger partial charge in [-0.2, -0.15) is 0 Å². The minimum Gasteiger partial charge on any atom is -0.339 e. The fraction of sp³-hybridized carbons (Fsp3) is 0.286. The normalized spacial score (nSPS) is 13.8. The first-order valence-electron chi connectivity index (χ1n) is 9.89. The Morgan fingerprint density at radius 1 is 1.26 bits per heavy atom. The minimum atomic E-state index is -0.462. The number of amides is 2. The van der Waals surface area contributed by atoms with E-state index in [4.69, 9.17) is 0 Å². The highest BCUT2D eigenvalue weighted by Crippen LogP contribution is 2.33. The molecule has 4 rings (SSSR count). The number of hydrogen-bond acceptors (Lipinski definition) is 7. The largest absolute Gasteiger partial charge is 0.339 e. The Morgan fingerprint density at radius 3 is 2.81 bits per heavy atom. The molecule has 1 aromatic carbocycles. The van der Waals surface area contributed by atoms with E-state index >= 15 is 0 Å². The molecule has 1 aliphatic rings. The zero-order chi connectivity index (χ0) is 21.8. The van der Waals surface area contributed by atoms with E-state index < -0.39 is 6.03 Å². The Labute approximate surface area is 187 Å². The van der Waals surface area contributed by atoms with Gasteiger partial charge in [-0.25, -0.2) is 14.8 Å². The summed E-state index contributed by atoms with van der Waals surface area (Å²) >= 11 is 2.59. The fourth-order valence-electron chi connectivity index (χ4n) is 3.52. The van der Waals surface area contributed by atoms with Crippen LogP contribution in [0, 0.1) is 12.8 Å². The van der Waals surface area contributed by atoms with Gasteiger partial charge >= 0.3 is 6.03 Å². The van der Waals surface area contributed by atoms with Gasteiger partial charge in [0.2, 0.25) is 0 Å². The molecule has 1 saturated carbocycles. The number of benzene rings is 1. The van der Waals surface area contributed by atoms with Crippen molar-refractivity contribution >= 4 is 52.0 Å². The van der Waals surface area contributed by atoms with E-state index in [2.05, 4.69) is 25.6 Å². The van der Waals surface area contributed by atoms with Gasteiger partial charge in [-0.1, -0.05) is 35.8 Å². The van der Waals surface area contributed by atoms with E-state index in [0.717, 1.165) is 35.5 Å². The van der Waals surface area contributed by atoms with Crippen molar-refractivity contribution in [3.63, 3.8) is 0 Å². The zero-order valence-corrected chi connectivity index (χ0v) is 18.4. The van der Waals surface area contributed by atoms with Crippen LogP contribution in [0.4, 0.5) is 15.6 Å². The van der Waals surface area contributed by atoms with Crippen LogP contribution in [0.15, 0.2) is 40.0 Å². The van der Waals surface area contributed by atoms with Crippen LogP contribution in [0.5, 0.6) is 0 Å². The van der Waals surface area contributed by atoms with E-state index in [1.54, 1.807) is 12.3 Å². The van der Waals surface area contributed by atoms with Gasteiger partial charge in [-0.05, 0) is 43.7 Å². The Balaban J connectivity index is 1.41. The number of aryl methyl sites for hydroxylation is 1. The number of urea groups is 1. The summed E-state index contributed by atoms with van der Waals surface area (Å²) in [6, 6.07) is 5.01. The van der Waals surface area contributed by atoms with E-state index in [1.807, 2.05) is 19.1 Å². The number of nitrogens with zero attached hydrogens (tertiary/aromatic N) is 2. The highest BCUT2D eigenvalue weighted by atomic mass is 32.2. The number of Topliss-reactive ketones (excluding diaryl/α,β-unsaturated/α-hetero) is 1. The Hall–Kier alpha value is -2.98. The summed E-state index contributed by atoms with van der Waals surface area (Å²) in [5.74, 6) is 0.128. The number of thiazole rings is 1. The first-order valence-corrected chi connectivity index (χ1v) is 11.5. The first-order chi connectivity index (χ1) is 15.0. The van der Waals surface area contributed by atoms with Crippen molar-refractivity contribution in [2.24, 2.45) is 5.92 Å². The van der Waals surface area contributed by atoms with Crippen LogP contribution in [-0.2, 0) is 0 Å². The molecule has 0 aliphatic heterocycles. The van der Waals surface area contributed by atoms with E-state index in [0.29, 0.717) is 33.5 Å². The number of aromatic amines is 1. The van der Waals surface area contributed by atoms with Gasteiger partial charge in [0.25, 0.3) is 0 Å². The molecule has 0 atom stereocenters. The van der Waals surface area contributed by atoms with Crippen molar-refractivity contribution in [1.82, 2.24) is 15.0 Å². The Bertz CT molecular complexity index is 1120. The zero-order valence-electron chi connectivity index (χ0n) is 16.8. The van der Waals surface area contributed by atoms with Crippen LogP contribution in [-0.4, -0.2) is 33.1 Å². The summed E-state index contributed by atoms with van der Waals surface area (Å²) < 4.78 is 0.800. The molecule has 0 radical (unpaired) electrons. The maximum atomic E-state index is 12.9. The lowest BCUT2D eigenvalue weighted by Gasteiger charge is -2.14. The number of nitrogens with one attached hydrogen (secondary N) is 3. The molecule has 160 valence electrons. The predicted octanol–water partition coefficient (Wildman–Crippen LogP) is 5.16. The third-order valence-electron chi connectivity index (χ3n) is 5.01. The summed E-state index contributed by atoms with van der Waals surface area (Å²) in [5.41, 5.74) is 2.36. The number of carbonyl (C=O) groups is 3. The number of aldehydes is 1. The topological polar surface area (TPSA) is 117 Å². The SMILES string of the molecule is Cc1ccc(NC(=O)Nc2ncc(Sc3nc(C=O)c[nH]3)s2)c(C(=O)C2CCCC2)c1. The summed E-state index contributed by atoms with van der Waals surface area (Å²) in [4.78, 5) is 47.4. The molecule has 3 N–H and O–H groups in total. The van der Waals surface area contributed by atoms with E-state index in [-0.39, 0.29) is 11.7 Å². The number of carbonyl (C=O) groups excluding carboxylic acids is 3. The van der Waals surface area contributed by atoms with Gasteiger partial charge in [-0.3, -0.25) is 14.9 Å². The fourth-order valence-corrected chi connectivity index (χ4v) is 5.27. The highest BCUT2D eigenvalue weighted by Gasteiger charge is 2.26. The summed E-state index contributed by atoms with van der Waals surface area (Å²) in [6.07, 6.45) is 7.77. The molecule has 0 unspecified atom stereocenters. The van der Waals surface area contributed by atoms with Gasteiger partial charge in [0.15, 0.2) is 22.4 Å². The van der Waals surface area contributed by atoms with Crippen LogP contribution >= 0.6 is 23.1 Å². The molecule has 2 amide bonds. The third-order valence-corrected chi connectivity index (χ3v) is 6.93. The molecule has 10 heteroatoms. The van der Waals surface area contributed by atoms with Crippen LogP contribution < -0.4 is 10.6 Å². The lowest BCUT2D eigenvalue weighted by atomic mass is 9.94. The molecule has 31 heavy (non-hydrogen) atoms. The molecule has 0 saturated heterocycles. The molecule has 0 bridgehead atoms. The molecule has 8 nitrogen and oxygen atoms in total. The van der Waals surface area contributed by atoms with Crippen molar-refractivity contribution in [3.05, 3.63) is 47.4 Å². The second kappa shape index (κ2) is 9.44. The molecule has 0 spiro atoms. The second-order valence-corrected chi connectivity index (χ2v) is 9.63. The molecular formula is C21H21N5O3S2. The van der Waals surface area contributed by atoms with Gasteiger partial charge in [0.1, 0.15) is 5.69 Å². The highest BCUT2D eigenvalue weighted by molar-refractivity contribution is 8.01. The van der Waals surface area contributed by atoms with Crippen LogP contribution in [0.3, 0.4) is 0 Å². The number of hydrogen-bond donors (Lipinski definition) is 3. The average molecular weight is 456 g/mol. The van der Waals surface area contributed by atoms with Gasteiger partial charge < -0.3 is 10.3 Å². The smallest absolute Gasteiger partial charge is 0.325 e. The maximum absolute atomic E-state index is 12.9. The lowest BCUT2D eigenvalue weighted by molar-refractivity contribution is 0.0923. The van der Waals surface area contributed by atoms with Crippen LogP contribution in [0.25, 0.3) is 0 Å². The maximum Gasteiger partial charge on any atom is 0.325 e. The quantitative estimate of drug-likeness (QED) is 0.335. The average Bonchev–Trinajstić information content (AvgIpc) is 3.51. The lowest BCUT2D eigenvalue weighted by Crippen LogP contribution is -2.22. The van der Waals surface area contributed by atoms with E-state index in [1.165, 1.54) is 29.3 Å². The van der Waals surface area contributed by atoms with Gasteiger partial charge in [-0.15, -0.1) is 0 Å². The Kier molecular flexibility index (Phi) is 6.47. The number of H-pyrrole nitrogens is 1. The Morgan fingerprint density at radius 2 is 2.06 bits per heavy atom. The molecule has 1 fully saturated rings. The summed E-state index contributed by atoms with van der Waals surface area (Å²) in [7, 11) is 0. The molecule has 2 aromatic heterocycles. The van der Waals surface area contributed by atoms with Crippen molar-refractivity contribution in [3.8, 4) is 0 Å². The van der Waals surface area contributed by atoms with Crippen LogP contribution in [0.2, 0.25) is 0 Å². The van der Waals surface area contributed by atoms with Gasteiger partial charge in [0, 0.05) is 17.7 Å². The number of rotatable bonds is 7. The van der Waals surface area contributed by atoms with Crippen molar-refractivity contribution < 1.29 is 14.4 Å². The second-order valence-electron chi connectivity index (χ2n) is 7.31. The monoisotopic (exact) mass is 455 g/mol. The minimum absolute atomic E-state index is 0.0327. The van der Waals surface area contributed by atoms with Crippen LogP contribution in [0.1, 0.15) is 52.1 Å². The van der Waals surface area contributed by atoms with Crippen molar-refractivity contribution in [2.45, 2.75) is 42.0 Å². The predicted molar refractivity (Wildman–Crippen MR) is 120 cm³/mol. The number of imidazole rings is 1. The van der Waals surface area contributed by atoms with E-state index in [9.17, 15) is 14.4 Å². The standard InChI is InChI=1S/C21H21N5O3S2/c1-12-6-7-16(15(8-12)18(28)13-4-2-3-5-13)25-19(29)26-21-23-10-17(31-21)30-20-22-9-14(11-27)24-20/h6-11,13H,2-5H2,1H3,(H,22,24)(H2,23,25,26,29). The first kappa shape index (κ1) is 21.3. The third kappa shape index (κ3) is 5.20. The van der Waals surface area contributed by atoms with Gasteiger partial charge in [0.05, 0.1) is 16.1 Å². The summed E-state index contributed by atoms with van der Waals surface area (Å²) in [6.45, 7) is 1.93. The molecule has 2 heterocycles. The number of aromatic nitrogens is 3. The number of anilines is 2. The molecule has 1 aliphatic carbocycles. The summed E-state index contributed by atoms with van der Waals surface area (Å²) in [5, 5.41) is 6.48. The molecule has 3 aromatic rings. The number of ketones is 1. The van der Waals surface area contributed by atoms with Crippen molar-refractivity contribution in [1.29, 1.82) is 0 Å². The molecular weight excluding hydrogens is 434 g/mol.